The Bertz CT molecular complexity index is 883. The zero-order chi connectivity index (χ0) is 21.7. The maximum Gasteiger partial charge on any atom is 0.242 e. The second-order valence-corrected chi connectivity index (χ2v) is 8.81. The molecule has 0 radical (unpaired) electrons. The molecule has 0 N–H and O–H groups in total. The van der Waals surface area contributed by atoms with Gasteiger partial charge in [0.15, 0.2) is 11.6 Å². The molecule has 2 amide bonds. The van der Waals surface area contributed by atoms with Crippen molar-refractivity contribution in [2.24, 2.45) is 5.92 Å². The number of carbonyl (C=O) groups is 2. The molecule has 1 aromatic heterocycles. The summed E-state index contributed by atoms with van der Waals surface area (Å²) >= 11 is 1.67. The molecule has 30 heavy (non-hydrogen) atoms. The van der Waals surface area contributed by atoms with Gasteiger partial charge in [-0.05, 0) is 42.0 Å². The first kappa shape index (κ1) is 22.3. The fraction of sp³-hybridized carbons (Fsp3) is 0.478. The minimum Gasteiger partial charge on any atom is -0.488 e. The van der Waals surface area contributed by atoms with Crippen molar-refractivity contribution in [1.29, 1.82) is 0 Å². The largest absolute Gasteiger partial charge is 0.488 e. The number of hydrogen-bond acceptors (Lipinski definition) is 4. The standard InChI is InChI=1S/C23H29FN2O3S/c1-4-11-25(23(28)16(2)3)14-22(27)26-12-9-21-17(10-13-30-21)19(26)15-29-20-8-6-5-7-18(20)24/h5-8,10,13,16,19H,4,9,11-12,14-15H2,1-3H3. The molecule has 0 spiro atoms. The van der Waals surface area contributed by atoms with Gasteiger partial charge in [0.05, 0.1) is 12.6 Å². The Labute approximate surface area is 181 Å². The van der Waals surface area contributed by atoms with E-state index in [1.807, 2.05) is 32.2 Å². The number of rotatable bonds is 8. The predicted molar refractivity (Wildman–Crippen MR) is 116 cm³/mol. The second-order valence-electron chi connectivity index (χ2n) is 7.81. The summed E-state index contributed by atoms with van der Waals surface area (Å²) < 4.78 is 19.8. The van der Waals surface area contributed by atoms with E-state index in [1.165, 1.54) is 10.9 Å². The Morgan fingerprint density at radius 1 is 1.30 bits per heavy atom. The van der Waals surface area contributed by atoms with Crippen LogP contribution in [0, 0.1) is 11.7 Å². The van der Waals surface area contributed by atoms with Gasteiger partial charge in [0, 0.05) is 23.9 Å². The van der Waals surface area contributed by atoms with Gasteiger partial charge in [0.2, 0.25) is 11.8 Å². The molecular formula is C23H29FN2O3S. The maximum absolute atomic E-state index is 14.0. The monoisotopic (exact) mass is 432 g/mol. The lowest BCUT2D eigenvalue weighted by atomic mass is 10.00. The normalized spacial score (nSPS) is 15.8. The molecular weight excluding hydrogens is 403 g/mol. The molecule has 162 valence electrons. The number of thiophene rings is 1. The van der Waals surface area contributed by atoms with Crippen LogP contribution in [0.15, 0.2) is 35.7 Å². The first-order valence-corrected chi connectivity index (χ1v) is 11.3. The van der Waals surface area contributed by atoms with Gasteiger partial charge < -0.3 is 14.5 Å². The van der Waals surface area contributed by atoms with E-state index < -0.39 is 5.82 Å². The molecule has 1 unspecified atom stereocenters. The number of halogens is 1. The van der Waals surface area contributed by atoms with Crippen molar-refractivity contribution in [1.82, 2.24) is 9.80 Å². The van der Waals surface area contributed by atoms with E-state index in [-0.39, 0.29) is 42.7 Å². The van der Waals surface area contributed by atoms with E-state index in [4.69, 9.17) is 4.74 Å². The summed E-state index contributed by atoms with van der Waals surface area (Å²) in [6.07, 6.45) is 1.57. The van der Waals surface area contributed by atoms with Crippen molar-refractivity contribution in [2.45, 2.75) is 39.7 Å². The number of hydrogen-bond donors (Lipinski definition) is 0. The molecule has 2 heterocycles. The van der Waals surface area contributed by atoms with E-state index in [9.17, 15) is 14.0 Å². The summed E-state index contributed by atoms with van der Waals surface area (Å²) in [5, 5.41) is 2.01. The van der Waals surface area contributed by atoms with Crippen molar-refractivity contribution in [3.63, 3.8) is 0 Å². The van der Waals surface area contributed by atoms with Crippen LogP contribution in [0.2, 0.25) is 0 Å². The van der Waals surface area contributed by atoms with Crippen LogP contribution in [0.1, 0.15) is 43.7 Å². The number of ether oxygens (including phenoxy) is 1. The zero-order valence-corrected chi connectivity index (χ0v) is 18.6. The van der Waals surface area contributed by atoms with E-state index in [2.05, 4.69) is 0 Å². The third kappa shape index (κ3) is 5.01. The molecule has 7 heteroatoms. The molecule has 0 saturated heterocycles. The number of amides is 2. The highest BCUT2D eigenvalue weighted by Crippen LogP contribution is 2.34. The molecule has 0 bridgehead atoms. The van der Waals surface area contributed by atoms with Crippen LogP contribution in [0.3, 0.4) is 0 Å². The maximum atomic E-state index is 14.0. The third-order valence-corrected chi connectivity index (χ3v) is 6.27. The van der Waals surface area contributed by atoms with E-state index >= 15 is 0 Å². The Morgan fingerprint density at radius 3 is 2.77 bits per heavy atom. The highest BCUT2D eigenvalue weighted by Gasteiger charge is 2.33. The van der Waals surface area contributed by atoms with Gasteiger partial charge in [0.25, 0.3) is 0 Å². The van der Waals surface area contributed by atoms with Crippen molar-refractivity contribution in [3.8, 4) is 5.75 Å². The highest BCUT2D eigenvalue weighted by atomic mass is 32.1. The smallest absolute Gasteiger partial charge is 0.242 e. The average molecular weight is 433 g/mol. The summed E-state index contributed by atoms with van der Waals surface area (Å²) in [7, 11) is 0. The summed E-state index contributed by atoms with van der Waals surface area (Å²) in [5.41, 5.74) is 1.05. The number of fused-ring (bicyclic) bond motifs is 1. The topological polar surface area (TPSA) is 49.9 Å². The zero-order valence-electron chi connectivity index (χ0n) is 17.8. The average Bonchev–Trinajstić information content (AvgIpc) is 3.21. The Kier molecular flexibility index (Phi) is 7.48. The van der Waals surface area contributed by atoms with Gasteiger partial charge >= 0.3 is 0 Å². The number of carbonyl (C=O) groups excluding carboxylic acids is 2. The molecule has 2 aromatic rings. The minimum atomic E-state index is -0.423. The van der Waals surface area contributed by atoms with Crippen LogP contribution in [0.5, 0.6) is 5.75 Å². The summed E-state index contributed by atoms with van der Waals surface area (Å²) in [6, 6.07) is 7.99. The van der Waals surface area contributed by atoms with Crippen LogP contribution in [-0.2, 0) is 16.0 Å². The second kappa shape index (κ2) is 10.1. The summed E-state index contributed by atoms with van der Waals surface area (Å²) in [4.78, 5) is 30.4. The Morgan fingerprint density at radius 2 is 2.07 bits per heavy atom. The lowest BCUT2D eigenvalue weighted by Crippen LogP contribution is -2.48. The van der Waals surface area contributed by atoms with Crippen molar-refractivity contribution in [3.05, 3.63) is 52.0 Å². The molecule has 3 rings (SSSR count). The van der Waals surface area contributed by atoms with Gasteiger partial charge in [-0.3, -0.25) is 9.59 Å². The SMILES string of the molecule is CCCN(CC(=O)N1CCc2sccc2C1COc1ccccc1F)C(=O)C(C)C. The lowest BCUT2D eigenvalue weighted by molar-refractivity contribution is -0.144. The van der Waals surface area contributed by atoms with Crippen LogP contribution in [0.4, 0.5) is 4.39 Å². The van der Waals surface area contributed by atoms with Gasteiger partial charge in [-0.2, -0.15) is 0 Å². The molecule has 1 aliphatic rings. The van der Waals surface area contributed by atoms with E-state index in [0.29, 0.717) is 13.1 Å². The van der Waals surface area contributed by atoms with Crippen molar-refractivity contribution in [2.75, 3.05) is 26.2 Å². The fourth-order valence-corrected chi connectivity index (χ4v) is 4.69. The Hall–Kier alpha value is -2.41. The van der Waals surface area contributed by atoms with Crippen LogP contribution < -0.4 is 4.74 Å². The third-order valence-electron chi connectivity index (χ3n) is 5.27. The summed E-state index contributed by atoms with van der Waals surface area (Å²) in [5.74, 6) is -0.522. The molecule has 1 aliphatic heterocycles. The van der Waals surface area contributed by atoms with Crippen LogP contribution >= 0.6 is 11.3 Å². The first-order valence-electron chi connectivity index (χ1n) is 10.4. The molecule has 0 saturated carbocycles. The van der Waals surface area contributed by atoms with Gasteiger partial charge in [0.1, 0.15) is 6.61 Å². The number of nitrogens with zero attached hydrogens (tertiary/aromatic N) is 2. The van der Waals surface area contributed by atoms with E-state index in [1.54, 1.807) is 39.3 Å². The van der Waals surface area contributed by atoms with Crippen molar-refractivity contribution < 1.29 is 18.7 Å². The minimum absolute atomic E-state index is 0.0161. The van der Waals surface area contributed by atoms with Crippen LogP contribution in [-0.4, -0.2) is 47.9 Å². The quantitative estimate of drug-likeness (QED) is 0.625. The molecule has 0 aliphatic carbocycles. The number of para-hydroxylation sites is 1. The molecule has 0 fully saturated rings. The van der Waals surface area contributed by atoms with Gasteiger partial charge in [-0.25, -0.2) is 4.39 Å². The molecule has 5 nitrogen and oxygen atoms in total. The van der Waals surface area contributed by atoms with Crippen LogP contribution in [0.25, 0.3) is 0 Å². The van der Waals surface area contributed by atoms with Gasteiger partial charge in [-0.15, -0.1) is 11.3 Å². The van der Waals surface area contributed by atoms with E-state index in [0.717, 1.165) is 18.4 Å². The van der Waals surface area contributed by atoms with Gasteiger partial charge in [-0.1, -0.05) is 32.9 Å². The highest BCUT2D eigenvalue weighted by molar-refractivity contribution is 7.10. The Balaban J connectivity index is 1.78. The lowest BCUT2D eigenvalue weighted by Gasteiger charge is -2.37. The van der Waals surface area contributed by atoms with Crippen molar-refractivity contribution >= 4 is 23.2 Å². The predicted octanol–water partition coefficient (Wildman–Crippen LogP) is 4.29. The fourth-order valence-electron chi connectivity index (χ4n) is 3.76. The summed E-state index contributed by atoms with van der Waals surface area (Å²) in [6.45, 7) is 7.03. The molecule has 1 atom stereocenters. The molecule has 1 aromatic carbocycles. The first-order chi connectivity index (χ1) is 14.4. The number of benzene rings is 1.